The minimum Gasteiger partial charge on any atom is -0.478 e. The fourth-order valence-electron chi connectivity index (χ4n) is 1.14. The smallest absolute Gasteiger partial charge is 0.339 e. The van der Waals surface area contributed by atoms with Gasteiger partial charge in [-0.2, -0.15) is 0 Å². The van der Waals surface area contributed by atoms with Gasteiger partial charge in [0.2, 0.25) is 0 Å². The zero-order valence-electron chi connectivity index (χ0n) is 8.53. The number of carbonyl (C=O) groups is 2. The molecule has 0 aromatic carbocycles. The lowest BCUT2D eigenvalue weighted by Gasteiger charge is -2.03. The molecule has 1 heterocycles. The van der Waals surface area contributed by atoms with Crippen LogP contribution in [0.1, 0.15) is 16.1 Å². The molecule has 0 radical (unpaired) electrons. The number of rotatable bonds is 6. The molecule has 1 aromatic heterocycles. The molecule has 7 heteroatoms. The van der Waals surface area contributed by atoms with E-state index in [1.807, 2.05) is 0 Å². The van der Waals surface area contributed by atoms with Crippen LogP contribution in [0.25, 0.3) is 0 Å². The van der Waals surface area contributed by atoms with Crippen molar-refractivity contribution in [1.82, 2.24) is 10.6 Å². The lowest BCUT2D eigenvalue weighted by atomic mass is 10.2. The van der Waals surface area contributed by atoms with E-state index in [1.54, 1.807) is 0 Å². The predicted octanol–water partition coefficient (Wildman–Crippen LogP) is -0.264. The molecule has 1 rings (SSSR count). The number of carboxylic acid groups (broad SMARTS) is 1. The minimum absolute atomic E-state index is 0.135. The molecule has 16 heavy (non-hydrogen) atoms. The number of carboxylic acids is 1. The first kappa shape index (κ1) is 12.1. The van der Waals surface area contributed by atoms with Gasteiger partial charge in [0.1, 0.15) is 11.3 Å². The summed E-state index contributed by atoms with van der Waals surface area (Å²) in [6.45, 7) is 1.14. The van der Waals surface area contributed by atoms with E-state index in [1.165, 1.54) is 12.3 Å². The van der Waals surface area contributed by atoms with Crippen LogP contribution < -0.4 is 16.4 Å². The van der Waals surface area contributed by atoms with Crippen LogP contribution in [0.4, 0.5) is 4.79 Å². The number of amides is 2. The van der Waals surface area contributed by atoms with Crippen molar-refractivity contribution in [2.45, 2.75) is 6.54 Å². The van der Waals surface area contributed by atoms with Gasteiger partial charge in [-0.05, 0) is 6.07 Å². The Morgan fingerprint density at radius 1 is 1.44 bits per heavy atom. The molecular weight excluding hydrogens is 214 g/mol. The molecule has 0 atom stereocenters. The molecule has 88 valence electrons. The number of urea groups is 1. The van der Waals surface area contributed by atoms with E-state index in [4.69, 9.17) is 15.3 Å². The van der Waals surface area contributed by atoms with E-state index >= 15 is 0 Å². The maximum absolute atomic E-state index is 10.7. The quantitative estimate of drug-likeness (QED) is 0.499. The Hall–Kier alpha value is -2.02. The predicted molar refractivity (Wildman–Crippen MR) is 55.0 cm³/mol. The third kappa shape index (κ3) is 3.62. The van der Waals surface area contributed by atoms with Crippen molar-refractivity contribution in [3.63, 3.8) is 0 Å². The lowest BCUT2D eigenvalue weighted by Crippen LogP contribution is -2.35. The summed E-state index contributed by atoms with van der Waals surface area (Å²) in [6, 6.07) is 0.798. The molecule has 0 fully saturated rings. The second-order valence-electron chi connectivity index (χ2n) is 3.03. The van der Waals surface area contributed by atoms with Crippen molar-refractivity contribution in [2.75, 3.05) is 13.1 Å². The molecule has 0 aliphatic carbocycles. The van der Waals surface area contributed by atoms with E-state index in [-0.39, 0.29) is 12.1 Å². The van der Waals surface area contributed by atoms with E-state index in [2.05, 4.69) is 10.6 Å². The molecule has 1 aromatic rings. The highest BCUT2D eigenvalue weighted by Crippen LogP contribution is 2.09. The summed E-state index contributed by atoms with van der Waals surface area (Å²) in [5, 5.41) is 14.1. The number of primary amides is 1. The van der Waals surface area contributed by atoms with Crippen LogP contribution in [-0.4, -0.2) is 30.2 Å². The Bertz CT molecular complexity index is 375. The number of carbonyl (C=O) groups excluding carboxylic acids is 1. The van der Waals surface area contributed by atoms with Gasteiger partial charge in [-0.25, -0.2) is 9.59 Å². The highest BCUT2D eigenvalue weighted by Gasteiger charge is 2.12. The zero-order chi connectivity index (χ0) is 12.0. The summed E-state index contributed by atoms with van der Waals surface area (Å²) >= 11 is 0. The van der Waals surface area contributed by atoms with Gasteiger partial charge in [0, 0.05) is 13.1 Å². The Balaban J connectivity index is 2.29. The van der Waals surface area contributed by atoms with Crippen LogP contribution in [0.15, 0.2) is 16.7 Å². The standard InChI is InChI=1S/C9H13N3O4/c10-9(15)12-3-2-11-5-7-6(8(13)14)1-4-16-7/h1,4,11H,2-3,5H2,(H,13,14)(H3,10,12,15). The Labute approximate surface area is 91.6 Å². The van der Waals surface area contributed by atoms with Gasteiger partial charge in [-0.15, -0.1) is 0 Å². The number of hydrogen-bond acceptors (Lipinski definition) is 4. The normalized spacial score (nSPS) is 10.0. The van der Waals surface area contributed by atoms with Gasteiger partial charge < -0.3 is 25.9 Å². The monoisotopic (exact) mass is 227 g/mol. The van der Waals surface area contributed by atoms with Crippen LogP contribution in [0.5, 0.6) is 0 Å². The third-order valence-corrected chi connectivity index (χ3v) is 1.86. The van der Waals surface area contributed by atoms with Gasteiger partial charge >= 0.3 is 12.0 Å². The van der Waals surface area contributed by atoms with Crippen molar-refractivity contribution in [1.29, 1.82) is 0 Å². The van der Waals surface area contributed by atoms with Gasteiger partial charge in [-0.1, -0.05) is 0 Å². The fourth-order valence-corrected chi connectivity index (χ4v) is 1.14. The Kier molecular flexibility index (Phi) is 4.34. The van der Waals surface area contributed by atoms with Crippen LogP contribution in [0.3, 0.4) is 0 Å². The van der Waals surface area contributed by atoms with Crippen molar-refractivity contribution in [3.05, 3.63) is 23.7 Å². The maximum Gasteiger partial charge on any atom is 0.339 e. The zero-order valence-corrected chi connectivity index (χ0v) is 8.53. The maximum atomic E-state index is 10.7. The number of furan rings is 1. The molecule has 0 bridgehead atoms. The first-order chi connectivity index (χ1) is 7.61. The molecular formula is C9H13N3O4. The van der Waals surface area contributed by atoms with Gasteiger partial charge in [0.25, 0.3) is 0 Å². The summed E-state index contributed by atoms with van der Waals surface area (Å²) in [5.41, 5.74) is 4.99. The van der Waals surface area contributed by atoms with Gasteiger partial charge in [0.05, 0.1) is 12.8 Å². The summed E-state index contributed by atoms with van der Waals surface area (Å²) in [6.07, 6.45) is 1.32. The van der Waals surface area contributed by atoms with Gasteiger partial charge in [-0.3, -0.25) is 0 Å². The van der Waals surface area contributed by atoms with E-state index in [0.717, 1.165) is 0 Å². The van der Waals surface area contributed by atoms with Gasteiger partial charge in [0.15, 0.2) is 0 Å². The van der Waals surface area contributed by atoms with Crippen molar-refractivity contribution < 1.29 is 19.1 Å². The Morgan fingerprint density at radius 3 is 2.81 bits per heavy atom. The first-order valence-electron chi connectivity index (χ1n) is 4.65. The Morgan fingerprint density at radius 2 is 2.19 bits per heavy atom. The highest BCUT2D eigenvalue weighted by molar-refractivity contribution is 5.88. The number of aromatic carboxylic acids is 1. The molecule has 0 spiro atoms. The molecule has 0 aliphatic heterocycles. The second-order valence-corrected chi connectivity index (χ2v) is 3.03. The number of nitrogens with one attached hydrogen (secondary N) is 2. The van der Waals surface area contributed by atoms with Crippen molar-refractivity contribution >= 4 is 12.0 Å². The first-order valence-corrected chi connectivity index (χ1v) is 4.65. The molecule has 5 N–H and O–H groups in total. The van der Waals surface area contributed by atoms with E-state index in [9.17, 15) is 9.59 Å². The molecule has 0 aliphatic rings. The largest absolute Gasteiger partial charge is 0.478 e. The SMILES string of the molecule is NC(=O)NCCNCc1occc1C(=O)O. The second kappa shape index (κ2) is 5.76. The van der Waals surface area contributed by atoms with Crippen LogP contribution in [-0.2, 0) is 6.54 Å². The van der Waals surface area contributed by atoms with E-state index < -0.39 is 12.0 Å². The average molecular weight is 227 g/mol. The molecule has 7 nitrogen and oxygen atoms in total. The number of nitrogens with two attached hydrogens (primary N) is 1. The van der Waals surface area contributed by atoms with Crippen molar-refractivity contribution in [2.24, 2.45) is 5.73 Å². The topological polar surface area (TPSA) is 118 Å². The molecule has 0 saturated carbocycles. The lowest BCUT2D eigenvalue weighted by molar-refractivity contribution is 0.0694. The minimum atomic E-state index is -1.03. The summed E-state index contributed by atoms with van der Waals surface area (Å²) in [4.78, 5) is 21.0. The molecule has 0 saturated heterocycles. The molecule has 0 unspecified atom stereocenters. The average Bonchev–Trinajstić information content (AvgIpc) is 2.65. The number of hydrogen-bond donors (Lipinski definition) is 4. The summed E-state index contributed by atoms with van der Waals surface area (Å²) < 4.78 is 5.00. The summed E-state index contributed by atoms with van der Waals surface area (Å²) in [5.74, 6) is -0.674. The van der Waals surface area contributed by atoms with E-state index in [0.29, 0.717) is 18.8 Å². The highest BCUT2D eigenvalue weighted by atomic mass is 16.4. The van der Waals surface area contributed by atoms with Crippen LogP contribution in [0.2, 0.25) is 0 Å². The van der Waals surface area contributed by atoms with Crippen molar-refractivity contribution in [3.8, 4) is 0 Å². The third-order valence-electron chi connectivity index (χ3n) is 1.86. The van der Waals surface area contributed by atoms with Crippen LogP contribution in [0, 0.1) is 0 Å². The van der Waals surface area contributed by atoms with Crippen LogP contribution >= 0.6 is 0 Å². The fraction of sp³-hybridized carbons (Fsp3) is 0.333. The molecule has 2 amide bonds. The summed E-state index contributed by atoms with van der Waals surface area (Å²) in [7, 11) is 0.